The lowest BCUT2D eigenvalue weighted by Gasteiger charge is -2.16. The number of thiophene rings is 1. The van der Waals surface area contributed by atoms with Crippen LogP contribution in [0.5, 0.6) is 0 Å². The van der Waals surface area contributed by atoms with Crippen molar-refractivity contribution in [2.45, 2.75) is 25.5 Å². The molecule has 3 aromatic rings. The SMILES string of the molecule is CC(=O)Nc1cccc(-n2c(C)nnc2SCC(=O)N(C)Cc2cccs2)c1. The molecule has 2 heterocycles. The van der Waals surface area contributed by atoms with Crippen LogP contribution in [0.4, 0.5) is 5.69 Å². The minimum Gasteiger partial charge on any atom is -0.340 e. The summed E-state index contributed by atoms with van der Waals surface area (Å²) in [6.07, 6.45) is 0. The normalized spacial score (nSPS) is 10.7. The fourth-order valence-electron chi connectivity index (χ4n) is 2.62. The second-order valence-electron chi connectivity index (χ2n) is 6.21. The molecule has 146 valence electrons. The van der Waals surface area contributed by atoms with Crippen molar-refractivity contribution in [3.05, 3.63) is 52.5 Å². The summed E-state index contributed by atoms with van der Waals surface area (Å²) in [5.74, 6) is 0.872. The molecule has 0 atom stereocenters. The Morgan fingerprint density at radius 2 is 2.07 bits per heavy atom. The molecule has 0 fully saturated rings. The molecule has 0 bridgehead atoms. The van der Waals surface area contributed by atoms with Gasteiger partial charge < -0.3 is 10.2 Å². The molecule has 0 unspecified atom stereocenters. The molecule has 0 radical (unpaired) electrons. The van der Waals surface area contributed by atoms with Gasteiger partial charge in [-0.15, -0.1) is 21.5 Å². The third kappa shape index (κ3) is 4.99. The number of aryl methyl sites for hydroxylation is 1. The Morgan fingerprint density at radius 3 is 2.79 bits per heavy atom. The summed E-state index contributed by atoms with van der Waals surface area (Å²) in [6.45, 7) is 3.92. The summed E-state index contributed by atoms with van der Waals surface area (Å²) in [4.78, 5) is 26.6. The molecule has 3 rings (SSSR count). The number of benzene rings is 1. The van der Waals surface area contributed by atoms with Gasteiger partial charge in [0, 0.05) is 24.5 Å². The van der Waals surface area contributed by atoms with Gasteiger partial charge in [-0.05, 0) is 36.6 Å². The molecule has 28 heavy (non-hydrogen) atoms. The number of nitrogens with one attached hydrogen (secondary N) is 1. The minimum atomic E-state index is -0.133. The van der Waals surface area contributed by atoms with Crippen molar-refractivity contribution in [3.8, 4) is 5.69 Å². The number of carbonyl (C=O) groups excluding carboxylic acids is 2. The molecule has 2 aromatic heterocycles. The molecule has 7 nitrogen and oxygen atoms in total. The second-order valence-corrected chi connectivity index (χ2v) is 8.19. The Morgan fingerprint density at radius 1 is 1.25 bits per heavy atom. The van der Waals surface area contributed by atoms with Crippen LogP contribution in [0.15, 0.2) is 46.9 Å². The van der Waals surface area contributed by atoms with Gasteiger partial charge in [-0.25, -0.2) is 0 Å². The number of rotatable bonds is 7. The lowest BCUT2D eigenvalue weighted by molar-refractivity contribution is -0.127. The molecular weight excluding hydrogens is 394 g/mol. The Hall–Kier alpha value is -2.65. The summed E-state index contributed by atoms with van der Waals surface area (Å²) in [5, 5.41) is 13.8. The minimum absolute atomic E-state index is 0.0256. The quantitative estimate of drug-likeness (QED) is 0.599. The highest BCUT2D eigenvalue weighted by Crippen LogP contribution is 2.24. The van der Waals surface area contributed by atoms with Crippen molar-refractivity contribution < 1.29 is 9.59 Å². The number of carbonyl (C=O) groups is 2. The van der Waals surface area contributed by atoms with Gasteiger partial charge in [0.15, 0.2) is 5.16 Å². The predicted octanol–water partition coefficient (Wildman–Crippen LogP) is 3.35. The molecule has 9 heteroatoms. The molecule has 2 amide bonds. The van der Waals surface area contributed by atoms with Crippen LogP contribution in [0.25, 0.3) is 5.69 Å². The molecule has 0 saturated heterocycles. The van der Waals surface area contributed by atoms with Crippen LogP contribution in [0, 0.1) is 6.92 Å². The largest absolute Gasteiger partial charge is 0.340 e. The van der Waals surface area contributed by atoms with E-state index in [2.05, 4.69) is 15.5 Å². The summed E-state index contributed by atoms with van der Waals surface area (Å²) in [7, 11) is 1.80. The van der Waals surface area contributed by atoms with Crippen LogP contribution in [0.1, 0.15) is 17.6 Å². The van der Waals surface area contributed by atoms with Gasteiger partial charge in [-0.2, -0.15) is 0 Å². The van der Waals surface area contributed by atoms with E-state index in [1.807, 2.05) is 53.3 Å². The van der Waals surface area contributed by atoms with E-state index < -0.39 is 0 Å². The van der Waals surface area contributed by atoms with Crippen LogP contribution in [-0.2, 0) is 16.1 Å². The Balaban J connectivity index is 1.71. The van der Waals surface area contributed by atoms with E-state index in [0.29, 0.717) is 23.2 Å². The average Bonchev–Trinajstić information content (AvgIpc) is 3.28. The molecular formula is C19H21N5O2S2. The van der Waals surface area contributed by atoms with Crippen LogP contribution in [0.2, 0.25) is 0 Å². The van der Waals surface area contributed by atoms with Crippen molar-refractivity contribution >= 4 is 40.6 Å². The third-order valence-corrected chi connectivity index (χ3v) is 5.72. The smallest absolute Gasteiger partial charge is 0.233 e. The molecule has 0 spiro atoms. The van der Waals surface area contributed by atoms with E-state index in [0.717, 1.165) is 10.6 Å². The maximum atomic E-state index is 12.5. The van der Waals surface area contributed by atoms with E-state index in [1.54, 1.807) is 23.3 Å². The highest BCUT2D eigenvalue weighted by molar-refractivity contribution is 7.99. The van der Waals surface area contributed by atoms with Gasteiger partial charge in [0.2, 0.25) is 11.8 Å². The number of nitrogens with zero attached hydrogens (tertiary/aromatic N) is 4. The zero-order valence-electron chi connectivity index (χ0n) is 15.9. The summed E-state index contributed by atoms with van der Waals surface area (Å²) in [6, 6.07) is 11.4. The van der Waals surface area contributed by atoms with E-state index in [1.165, 1.54) is 18.7 Å². The first-order chi connectivity index (χ1) is 13.4. The maximum absolute atomic E-state index is 12.5. The van der Waals surface area contributed by atoms with E-state index in [4.69, 9.17) is 0 Å². The Labute approximate surface area is 171 Å². The van der Waals surface area contributed by atoms with Crippen molar-refractivity contribution in [1.82, 2.24) is 19.7 Å². The lowest BCUT2D eigenvalue weighted by Crippen LogP contribution is -2.27. The Bertz CT molecular complexity index is 969. The first-order valence-electron chi connectivity index (χ1n) is 8.63. The first kappa shape index (κ1) is 20.1. The highest BCUT2D eigenvalue weighted by atomic mass is 32.2. The summed E-state index contributed by atoms with van der Waals surface area (Å²) < 4.78 is 1.88. The lowest BCUT2D eigenvalue weighted by atomic mass is 10.2. The van der Waals surface area contributed by atoms with Crippen LogP contribution >= 0.6 is 23.1 Å². The van der Waals surface area contributed by atoms with Crippen LogP contribution < -0.4 is 5.32 Å². The number of thioether (sulfide) groups is 1. The molecule has 0 aliphatic carbocycles. The van der Waals surface area contributed by atoms with Gasteiger partial charge in [0.05, 0.1) is 18.0 Å². The van der Waals surface area contributed by atoms with Gasteiger partial charge in [0.25, 0.3) is 0 Å². The van der Waals surface area contributed by atoms with Gasteiger partial charge in [-0.1, -0.05) is 23.9 Å². The number of amides is 2. The monoisotopic (exact) mass is 415 g/mol. The molecule has 0 aliphatic rings. The first-order valence-corrected chi connectivity index (χ1v) is 10.5. The third-order valence-electron chi connectivity index (χ3n) is 3.94. The number of hydrogen-bond acceptors (Lipinski definition) is 6. The van der Waals surface area contributed by atoms with E-state index >= 15 is 0 Å². The van der Waals surface area contributed by atoms with E-state index in [9.17, 15) is 9.59 Å². The van der Waals surface area contributed by atoms with Crippen molar-refractivity contribution in [3.63, 3.8) is 0 Å². The number of anilines is 1. The average molecular weight is 416 g/mol. The van der Waals surface area contributed by atoms with Gasteiger partial charge in [0.1, 0.15) is 5.82 Å². The maximum Gasteiger partial charge on any atom is 0.233 e. The fraction of sp³-hybridized carbons (Fsp3) is 0.263. The van der Waals surface area contributed by atoms with Crippen LogP contribution in [0.3, 0.4) is 0 Å². The highest BCUT2D eigenvalue weighted by Gasteiger charge is 2.16. The topological polar surface area (TPSA) is 80.1 Å². The predicted molar refractivity (Wildman–Crippen MR) is 112 cm³/mol. The second kappa shape index (κ2) is 9.03. The molecule has 0 saturated carbocycles. The number of aromatic nitrogens is 3. The van der Waals surface area contributed by atoms with Crippen LogP contribution in [-0.4, -0.2) is 44.3 Å². The van der Waals surface area contributed by atoms with Gasteiger partial charge in [-0.3, -0.25) is 14.2 Å². The van der Waals surface area contributed by atoms with Crippen molar-refractivity contribution in [1.29, 1.82) is 0 Å². The molecule has 0 aliphatic heterocycles. The van der Waals surface area contributed by atoms with E-state index in [-0.39, 0.29) is 17.6 Å². The zero-order valence-corrected chi connectivity index (χ0v) is 17.5. The molecule has 1 aromatic carbocycles. The Kier molecular flexibility index (Phi) is 6.48. The standard InChI is InChI=1S/C19H21N5O2S2/c1-13-21-22-19(24(13)16-7-4-6-15(10-16)20-14(2)25)28-12-18(26)23(3)11-17-8-5-9-27-17/h4-10H,11-12H2,1-3H3,(H,20,25). The molecule has 1 N–H and O–H groups in total. The van der Waals surface area contributed by atoms with Crippen molar-refractivity contribution in [2.24, 2.45) is 0 Å². The zero-order chi connectivity index (χ0) is 20.1. The van der Waals surface area contributed by atoms with Gasteiger partial charge >= 0.3 is 0 Å². The summed E-state index contributed by atoms with van der Waals surface area (Å²) in [5.41, 5.74) is 1.52. The summed E-state index contributed by atoms with van der Waals surface area (Å²) >= 11 is 2.98. The fourth-order valence-corrected chi connectivity index (χ4v) is 4.32. The number of hydrogen-bond donors (Lipinski definition) is 1. The van der Waals surface area contributed by atoms with Crippen molar-refractivity contribution in [2.75, 3.05) is 18.1 Å².